The smallest absolute Gasteiger partial charge is 0.150 e. The van der Waals surface area contributed by atoms with Crippen LogP contribution >= 0.6 is 11.3 Å². The Bertz CT molecular complexity index is 480. The predicted molar refractivity (Wildman–Crippen MR) is 60.4 cm³/mol. The van der Waals surface area contributed by atoms with Crippen molar-refractivity contribution in [2.24, 2.45) is 0 Å². The second-order valence-corrected chi connectivity index (χ2v) is 4.04. The van der Waals surface area contributed by atoms with Crippen LogP contribution in [0.5, 0.6) is 5.75 Å². The van der Waals surface area contributed by atoms with Crippen LogP contribution in [0.25, 0.3) is 0 Å². The van der Waals surface area contributed by atoms with Crippen molar-refractivity contribution in [2.45, 2.75) is 6.61 Å². The summed E-state index contributed by atoms with van der Waals surface area (Å²) < 4.78 is 18.4. The molecule has 82 valence electrons. The third kappa shape index (κ3) is 2.67. The summed E-state index contributed by atoms with van der Waals surface area (Å²) in [5, 5.41) is 3.90. The van der Waals surface area contributed by atoms with Gasteiger partial charge in [-0.1, -0.05) is 0 Å². The molecular formula is C12H9FO2S. The first kappa shape index (κ1) is 10.8. The number of carbonyl (C=O) groups is 1. The van der Waals surface area contributed by atoms with Gasteiger partial charge in [-0.2, -0.15) is 11.3 Å². The zero-order valence-corrected chi connectivity index (χ0v) is 9.17. The van der Waals surface area contributed by atoms with Crippen LogP contribution in [0.2, 0.25) is 0 Å². The molecule has 0 saturated heterocycles. The molecule has 0 aliphatic carbocycles. The lowest BCUT2D eigenvalue weighted by Crippen LogP contribution is -1.95. The van der Waals surface area contributed by atoms with Crippen molar-refractivity contribution in [3.05, 3.63) is 52.0 Å². The van der Waals surface area contributed by atoms with Gasteiger partial charge in [-0.05, 0) is 34.5 Å². The molecule has 1 aromatic heterocycles. The summed E-state index contributed by atoms with van der Waals surface area (Å²) in [5.41, 5.74) is 1.31. The van der Waals surface area contributed by atoms with Gasteiger partial charge in [0.2, 0.25) is 0 Å². The fraction of sp³-hybridized carbons (Fsp3) is 0.0833. The van der Waals surface area contributed by atoms with Crippen LogP contribution in [0, 0.1) is 5.82 Å². The second-order valence-electron chi connectivity index (χ2n) is 3.26. The molecule has 0 aliphatic heterocycles. The molecule has 0 bridgehead atoms. The number of thiophene rings is 1. The molecule has 0 atom stereocenters. The van der Waals surface area contributed by atoms with E-state index in [1.54, 1.807) is 11.3 Å². The Hall–Kier alpha value is -1.68. The number of hydrogen-bond donors (Lipinski definition) is 0. The topological polar surface area (TPSA) is 26.3 Å². The molecule has 0 N–H and O–H groups in total. The van der Waals surface area contributed by atoms with Crippen LogP contribution in [0.1, 0.15) is 15.9 Å². The normalized spacial score (nSPS) is 10.1. The zero-order chi connectivity index (χ0) is 11.4. The maximum absolute atomic E-state index is 13.0. The van der Waals surface area contributed by atoms with Gasteiger partial charge in [0.15, 0.2) is 0 Å². The van der Waals surface area contributed by atoms with Crippen LogP contribution in [-0.4, -0.2) is 6.29 Å². The van der Waals surface area contributed by atoms with Crippen molar-refractivity contribution in [1.29, 1.82) is 0 Å². The molecule has 0 aliphatic rings. The molecule has 16 heavy (non-hydrogen) atoms. The fourth-order valence-corrected chi connectivity index (χ4v) is 1.93. The molecule has 1 aromatic carbocycles. The molecule has 1 heterocycles. The van der Waals surface area contributed by atoms with Crippen LogP contribution < -0.4 is 4.74 Å². The molecule has 0 amide bonds. The molecule has 0 saturated carbocycles. The first-order valence-corrected chi connectivity index (χ1v) is 5.62. The summed E-state index contributed by atoms with van der Waals surface area (Å²) in [4.78, 5) is 10.5. The molecule has 0 spiro atoms. The Morgan fingerprint density at radius 3 is 2.94 bits per heavy atom. The highest BCUT2D eigenvalue weighted by Crippen LogP contribution is 2.17. The predicted octanol–water partition coefficient (Wildman–Crippen LogP) is 3.28. The number of ether oxygens (including phenoxy) is 1. The van der Waals surface area contributed by atoms with Crippen LogP contribution in [0.3, 0.4) is 0 Å². The van der Waals surface area contributed by atoms with E-state index in [9.17, 15) is 9.18 Å². The summed E-state index contributed by atoms with van der Waals surface area (Å²) in [6.45, 7) is 0.380. The highest BCUT2D eigenvalue weighted by molar-refractivity contribution is 7.07. The molecule has 4 heteroatoms. The number of hydrogen-bond acceptors (Lipinski definition) is 3. The average Bonchev–Trinajstić information content (AvgIpc) is 2.78. The van der Waals surface area contributed by atoms with Gasteiger partial charge in [-0.25, -0.2) is 4.39 Å². The van der Waals surface area contributed by atoms with E-state index in [1.807, 2.05) is 16.8 Å². The maximum Gasteiger partial charge on any atom is 0.150 e. The van der Waals surface area contributed by atoms with Gasteiger partial charge in [-0.3, -0.25) is 4.79 Å². The van der Waals surface area contributed by atoms with Gasteiger partial charge in [0.1, 0.15) is 24.5 Å². The number of rotatable bonds is 4. The largest absolute Gasteiger partial charge is 0.489 e. The molecule has 2 rings (SSSR count). The lowest BCUT2D eigenvalue weighted by atomic mass is 10.2. The number of halogens is 1. The quantitative estimate of drug-likeness (QED) is 0.761. The van der Waals surface area contributed by atoms with Gasteiger partial charge >= 0.3 is 0 Å². The Kier molecular flexibility index (Phi) is 3.31. The zero-order valence-electron chi connectivity index (χ0n) is 8.35. The summed E-state index contributed by atoms with van der Waals surface area (Å²) in [6, 6.07) is 5.89. The van der Waals surface area contributed by atoms with E-state index >= 15 is 0 Å². The number of benzene rings is 1. The van der Waals surface area contributed by atoms with Gasteiger partial charge in [0.05, 0.1) is 0 Å². The monoisotopic (exact) mass is 236 g/mol. The summed E-state index contributed by atoms with van der Waals surface area (Å²) in [5.74, 6) is -0.0989. The van der Waals surface area contributed by atoms with Crippen molar-refractivity contribution < 1.29 is 13.9 Å². The lowest BCUT2D eigenvalue weighted by molar-refractivity contribution is 0.112. The van der Waals surface area contributed by atoms with Gasteiger partial charge in [-0.15, -0.1) is 0 Å². The van der Waals surface area contributed by atoms with Crippen molar-refractivity contribution in [3.8, 4) is 5.75 Å². The minimum atomic E-state index is -0.468. The third-order valence-electron chi connectivity index (χ3n) is 2.02. The van der Waals surface area contributed by atoms with Gasteiger partial charge < -0.3 is 4.74 Å². The Balaban J connectivity index is 2.09. The number of aldehydes is 1. The Labute approximate surface area is 96.3 Å². The minimum Gasteiger partial charge on any atom is -0.489 e. The van der Waals surface area contributed by atoms with Crippen molar-refractivity contribution in [1.82, 2.24) is 0 Å². The van der Waals surface area contributed by atoms with Crippen LogP contribution in [0.15, 0.2) is 35.0 Å². The lowest BCUT2D eigenvalue weighted by Gasteiger charge is -2.05. The highest BCUT2D eigenvalue weighted by atomic mass is 32.1. The fourth-order valence-electron chi connectivity index (χ4n) is 1.28. The van der Waals surface area contributed by atoms with E-state index in [0.29, 0.717) is 18.6 Å². The van der Waals surface area contributed by atoms with E-state index in [2.05, 4.69) is 0 Å². The van der Waals surface area contributed by atoms with E-state index < -0.39 is 5.82 Å². The highest BCUT2D eigenvalue weighted by Gasteiger charge is 2.02. The molecule has 0 radical (unpaired) electrons. The third-order valence-corrected chi connectivity index (χ3v) is 2.75. The first-order chi connectivity index (χ1) is 7.78. The minimum absolute atomic E-state index is 0.278. The average molecular weight is 236 g/mol. The SMILES string of the molecule is O=Cc1cc(F)cc(OCc2ccsc2)c1. The summed E-state index contributed by atoms with van der Waals surface area (Å²) in [6.07, 6.45) is 0.598. The van der Waals surface area contributed by atoms with E-state index in [1.165, 1.54) is 18.2 Å². The molecule has 0 fully saturated rings. The summed E-state index contributed by atoms with van der Waals surface area (Å²) >= 11 is 1.58. The van der Waals surface area contributed by atoms with Crippen LogP contribution in [-0.2, 0) is 6.61 Å². The van der Waals surface area contributed by atoms with Gasteiger partial charge in [0.25, 0.3) is 0 Å². The number of carbonyl (C=O) groups excluding carboxylic acids is 1. The van der Waals surface area contributed by atoms with Crippen molar-refractivity contribution >= 4 is 17.6 Å². The standard InChI is InChI=1S/C12H9FO2S/c13-11-3-10(6-14)4-12(5-11)15-7-9-1-2-16-8-9/h1-6,8H,7H2. The van der Waals surface area contributed by atoms with Crippen molar-refractivity contribution in [3.63, 3.8) is 0 Å². The molecule has 2 nitrogen and oxygen atoms in total. The molecular weight excluding hydrogens is 227 g/mol. The Morgan fingerprint density at radius 2 is 2.25 bits per heavy atom. The maximum atomic E-state index is 13.0. The van der Waals surface area contributed by atoms with Crippen LogP contribution in [0.4, 0.5) is 4.39 Å². The van der Waals surface area contributed by atoms with E-state index in [-0.39, 0.29) is 5.56 Å². The van der Waals surface area contributed by atoms with Gasteiger partial charge in [0, 0.05) is 11.6 Å². The first-order valence-electron chi connectivity index (χ1n) is 4.67. The van der Waals surface area contributed by atoms with E-state index in [4.69, 9.17) is 4.74 Å². The van der Waals surface area contributed by atoms with Crippen molar-refractivity contribution in [2.75, 3.05) is 0 Å². The second kappa shape index (κ2) is 4.90. The molecule has 2 aromatic rings. The van der Waals surface area contributed by atoms with E-state index in [0.717, 1.165) is 5.56 Å². The molecule has 0 unspecified atom stereocenters. The Morgan fingerprint density at radius 1 is 1.38 bits per heavy atom. The summed E-state index contributed by atoms with van der Waals surface area (Å²) in [7, 11) is 0.